The minimum Gasteiger partial charge on any atom is -0.378 e. The molecule has 1 aliphatic heterocycles. The van der Waals surface area contributed by atoms with Crippen LogP contribution >= 0.6 is 0 Å². The number of nitrogens with one attached hydrogen (secondary N) is 1. The van der Waals surface area contributed by atoms with Crippen LogP contribution in [0.25, 0.3) is 0 Å². The standard InChI is InChI=1S/C17H27NO/c1-12(2)17-11-15(9-10-19-17)18-14(4)16-8-6-5-7-13(16)3/h5-8,12,14-15,17-18H,9-11H2,1-4H3. The van der Waals surface area contributed by atoms with Crippen LogP contribution in [0.2, 0.25) is 0 Å². The SMILES string of the molecule is Cc1ccccc1C(C)NC1CCOC(C(C)C)C1. The highest BCUT2D eigenvalue weighted by molar-refractivity contribution is 5.28. The summed E-state index contributed by atoms with van der Waals surface area (Å²) in [6, 6.07) is 9.64. The molecule has 1 aromatic carbocycles. The van der Waals surface area contributed by atoms with E-state index in [1.807, 2.05) is 0 Å². The van der Waals surface area contributed by atoms with Gasteiger partial charge in [0.25, 0.3) is 0 Å². The van der Waals surface area contributed by atoms with Crippen molar-refractivity contribution in [2.75, 3.05) is 6.61 Å². The van der Waals surface area contributed by atoms with E-state index in [9.17, 15) is 0 Å². The van der Waals surface area contributed by atoms with Crippen LogP contribution in [0.5, 0.6) is 0 Å². The van der Waals surface area contributed by atoms with E-state index < -0.39 is 0 Å². The molecule has 3 atom stereocenters. The number of rotatable bonds is 4. The van der Waals surface area contributed by atoms with Crippen molar-refractivity contribution in [2.24, 2.45) is 5.92 Å². The Balaban J connectivity index is 1.95. The van der Waals surface area contributed by atoms with Crippen molar-refractivity contribution in [1.29, 1.82) is 0 Å². The fraction of sp³-hybridized carbons (Fsp3) is 0.647. The molecule has 0 radical (unpaired) electrons. The van der Waals surface area contributed by atoms with E-state index in [-0.39, 0.29) is 0 Å². The molecule has 2 nitrogen and oxygen atoms in total. The number of hydrogen-bond acceptors (Lipinski definition) is 2. The highest BCUT2D eigenvalue weighted by Crippen LogP contribution is 2.24. The topological polar surface area (TPSA) is 21.3 Å². The summed E-state index contributed by atoms with van der Waals surface area (Å²) in [5.41, 5.74) is 2.78. The van der Waals surface area contributed by atoms with E-state index in [0.29, 0.717) is 24.1 Å². The number of benzene rings is 1. The normalized spacial score (nSPS) is 25.5. The van der Waals surface area contributed by atoms with Gasteiger partial charge in [0.15, 0.2) is 0 Å². The lowest BCUT2D eigenvalue weighted by molar-refractivity contribution is -0.0257. The minimum absolute atomic E-state index is 0.412. The van der Waals surface area contributed by atoms with Crippen LogP contribution in [0.15, 0.2) is 24.3 Å². The van der Waals surface area contributed by atoms with Crippen molar-refractivity contribution in [3.8, 4) is 0 Å². The molecule has 0 aromatic heterocycles. The zero-order valence-corrected chi connectivity index (χ0v) is 12.6. The summed E-state index contributed by atoms with van der Waals surface area (Å²) < 4.78 is 5.84. The van der Waals surface area contributed by atoms with Crippen LogP contribution in [-0.2, 0) is 4.74 Å². The lowest BCUT2D eigenvalue weighted by atomic mass is 9.94. The number of hydrogen-bond donors (Lipinski definition) is 1. The molecule has 1 aliphatic rings. The summed E-state index contributed by atoms with van der Waals surface area (Å²) in [4.78, 5) is 0. The van der Waals surface area contributed by atoms with Gasteiger partial charge in [0.05, 0.1) is 6.10 Å². The van der Waals surface area contributed by atoms with Gasteiger partial charge in [-0.05, 0) is 43.7 Å². The third kappa shape index (κ3) is 3.80. The van der Waals surface area contributed by atoms with Gasteiger partial charge in [-0.15, -0.1) is 0 Å². The van der Waals surface area contributed by atoms with Crippen molar-refractivity contribution in [1.82, 2.24) is 5.32 Å². The van der Waals surface area contributed by atoms with E-state index in [2.05, 4.69) is 57.3 Å². The third-order valence-corrected chi connectivity index (χ3v) is 4.20. The van der Waals surface area contributed by atoms with Crippen molar-refractivity contribution >= 4 is 0 Å². The lowest BCUT2D eigenvalue weighted by Crippen LogP contribution is -2.41. The first-order valence-corrected chi connectivity index (χ1v) is 7.51. The maximum Gasteiger partial charge on any atom is 0.0612 e. The van der Waals surface area contributed by atoms with Crippen LogP contribution < -0.4 is 5.32 Å². The van der Waals surface area contributed by atoms with Gasteiger partial charge in [-0.25, -0.2) is 0 Å². The van der Waals surface area contributed by atoms with Crippen LogP contribution in [0.4, 0.5) is 0 Å². The molecule has 1 aromatic rings. The molecule has 1 N–H and O–H groups in total. The molecule has 1 saturated heterocycles. The van der Waals surface area contributed by atoms with Gasteiger partial charge < -0.3 is 10.1 Å². The van der Waals surface area contributed by atoms with Crippen molar-refractivity contribution in [2.45, 2.75) is 58.7 Å². The van der Waals surface area contributed by atoms with Gasteiger partial charge in [0, 0.05) is 18.7 Å². The Bertz CT molecular complexity index is 402. The van der Waals surface area contributed by atoms with Crippen LogP contribution in [0.3, 0.4) is 0 Å². The molecule has 106 valence electrons. The Kier molecular flexibility index (Phi) is 5.00. The van der Waals surface area contributed by atoms with E-state index in [4.69, 9.17) is 4.74 Å². The molecule has 19 heavy (non-hydrogen) atoms. The first-order valence-electron chi connectivity index (χ1n) is 7.51. The molecule has 1 fully saturated rings. The third-order valence-electron chi connectivity index (χ3n) is 4.20. The number of ether oxygens (including phenoxy) is 1. The second kappa shape index (κ2) is 6.53. The largest absolute Gasteiger partial charge is 0.378 e. The Labute approximate surface area is 117 Å². The molecule has 1 heterocycles. The Morgan fingerprint density at radius 3 is 2.63 bits per heavy atom. The molecular weight excluding hydrogens is 234 g/mol. The van der Waals surface area contributed by atoms with E-state index in [0.717, 1.165) is 19.4 Å². The Morgan fingerprint density at radius 2 is 1.95 bits per heavy atom. The fourth-order valence-corrected chi connectivity index (χ4v) is 2.96. The quantitative estimate of drug-likeness (QED) is 0.889. The Hall–Kier alpha value is -0.860. The Morgan fingerprint density at radius 1 is 1.21 bits per heavy atom. The summed E-state index contributed by atoms with van der Waals surface area (Å²) in [5, 5.41) is 3.78. The lowest BCUT2D eigenvalue weighted by Gasteiger charge is -2.34. The molecule has 3 unspecified atom stereocenters. The monoisotopic (exact) mass is 261 g/mol. The van der Waals surface area contributed by atoms with Gasteiger partial charge >= 0.3 is 0 Å². The van der Waals surface area contributed by atoms with Crippen molar-refractivity contribution < 1.29 is 4.74 Å². The second-order valence-electron chi connectivity index (χ2n) is 6.12. The molecule has 2 heteroatoms. The van der Waals surface area contributed by atoms with Crippen molar-refractivity contribution in [3.63, 3.8) is 0 Å². The number of aryl methyl sites for hydroxylation is 1. The zero-order valence-electron chi connectivity index (χ0n) is 12.6. The molecule has 0 amide bonds. The van der Waals surface area contributed by atoms with Crippen LogP contribution in [-0.4, -0.2) is 18.8 Å². The van der Waals surface area contributed by atoms with Gasteiger partial charge in [-0.1, -0.05) is 38.1 Å². The maximum absolute atomic E-state index is 5.84. The average Bonchev–Trinajstić information content (AvgIpc) is 2.39. The smallest absolute Gasteiger partial charge is 0.0612 e. The molecule has 0 spiro atoms. The summed E-state index contributed by atoms with van der Waals surface area (Å²) in [7, 11) is 0. The minimum atomic E-state index is 0.412. The zero-order chi connectivity index (χ0) is 13.8. The average molecular weight is 261 g/mol. The van der Waals surface area contributed by atoms with Gasteiger partial charge in [-0.2, -0.15) is 0 Å². The highest BCUT2D eigenvalue weighted by atomic mass is 16.5. The van der Waals surface area contributed by atoms with E-state index >= 15 is 0 Å². The van der Waals surface area contributed by atoms with E-state index in [1.54, 1.807) is 0 Å². The van der Waals surface area contributed by atoms with Gasteiger partial charge in [0.2, 0.25) is 0 Å². The molecule has 0 bridgehead atoms. The molecular formula is C17H27NO. The predicted octanol–water partition coefficient (Wildman–Crippen LogP) is 3.85. The summed E-state index contributed by atoms with van der Waals surface area (Å²) in [6.45, 7) is 9.84. The molecule has 0 aliphatic carbocycles. The first kappa shape index (κ1) is 14.5. The second-order valence-corrected chi connectivity index (χ2v) is 6.12. The summed E-state index contributed by atoms with van der Waals surface area (Å²) in [5.74, 6) is 0.610. The van der Waals surface area contributed by atoms with Crippen molar-refractivity contribution in [3.05, 3.63) is 35.4 Å². The molecule has 0 saturated carbocycles. The van der Waals surface area contributed by atoms with Gasteiger partial charge in [0.1, 0.15) is 0 Å². The van der Waals surface area contributed by atoms with Gasteiger partial charge in [-0.3, -0.25) is 0 Å². The predicted molar refractivity (Wildman–Crippen MR) is 80.3 cm³/mol. The highest BCUT2D eigenvalue weighted by Gasteiger charge is 2.25. The fourth-order valence-electron chi connectivity index (χ4n) is 2.96. The molecule has 2 rings (SSSR count). The van der Waals surface area contributed by atoms with Crippen LogP contribution in [0, 0.1) is 12.8 Å². The van der Waals surface area contributed by atoms with E-state index in [1.165, 1.54) is 11.1 Å². The maximum atomic E-state index is 5.84. The van der Waals surface area contributed by atoms with Crippen LogP contribution in [0.1, 0.15) is 50.8 Å². The first-order chi connectivity index (χ1) is 9.08. The summed E-state index contributed by atoms with van der Waals surface area (Å²) in [6.07, 6.45) is 2.67. The summed E-state index contributed by atoms with van der Waals surface area (Å²) >= 11 is 0.